The summed E-state index contributed by atoms with van der Waals surface area (Å²) in [4.78, 5) is 1.81. The first-order chi connectivity index (χ1) is 12.2. The molecule has 0 heterocycles. The van der Waals surface area contributed by atoms with E-state index >= 15 is 0 Å². The van der Waals surface area contributed by atoms with Crippen molar-refractivity contribution in [1.29, 1.82) is 0 Å². The Bertz CT molecular complexity index is 837. The lowest BCUT2D eigenvalue weighted by Gasteiger charge is -2.19. The van der Waals surface area contributed by atoms with Gasteiger partial charge in [-0.1, -0.05) is 73.2 Å². The first kappa shape index (κ1) is 17.6. The summed E-state index contributed by atoms with van der Waals surface area (Å²) in [5, 5.41) is 0. The average molecular weight is 349 g/mol. The van der Waals surface area contributed by atoms with Gasteiger partial charge in [0, 0.05) is 9.79 Å². The van der Waals surface area contributed by atoms with Gasteiger partial charge >= 0.3 is 0 Å². The molecule has 0 spiro atoms. The van der Waals surface area contributed by atoms with Crippen LogP contribution in [0.5, 0.6) is 0 Å². The fourth-order valence-electron chi connectivity index (χ4n) is 3.15. The van der Waals surface area contributed by atoms with Gasteiger partial charge in [-0.25, -0.2) is 4.21 Å². The van der Waals surface area contributed by atoms with Gasteiger partial charge in [0.2, 0.25) is 0 Å². The highest BCUT2D eigenvalue weighted by Crippen LogP contribution is 2.31. The normalized spacial score (nSPS) is 13.4. The van der Waals surface area contributed by atoms with E-state index in [0.29, 0.717) is 5.92 Å². The van der Waals surface area contributed by atoms with Crippen LogP contribution in [0.1, 0.15) is 36.0 Å². The van der Waals surface area contributed by atoms with Crippen LogP contribution in [0.3, 0.4) is 0 Å². The Morgan fingerprint density at radius 1 is 0.840 bits per heavy atom. The second-order valence-electron chi connectivity index (χ2n) is 6.41. The fourth-order valence-corrected chi connectivity index (χ4v) is 4.44. The first-order valence-corrected chi connectivity index (χ1v) is 9.95. The third kappa shape index (κ3) is 4.26. The second-order valence-corrected chi connectivity index (χ2v) is 7.86. The molecule has 2 atom stereocenters. The molecule has 2 heteroatoms. The van der Waals surface area contributed by atoms with Crippen LogP contribution in [0.4, 0.5) is 0 Å². The topological polar surface area (TPSA) is 17.1 Å². The lowest BCUT2D eigenvalue weighted by atomic mass is 9.90. The highest BCUT2D eigenvalue weighted by atomic mass is 32.2. The largest absolute Gasteiger partial charge is 0.249 e. The zero-order valence-electron chi connectivity index (χ0n) is 14.8. The molecule has 128 valence electrons. The number of benzene rings is 3. The van der Waals surface area contributed by atoms with E-state index in [4.69, 9.17) is 0 Å². The maximum Gasteiger partial charge on any atom is 0.0852 e. The number of rotatable bonds is 6. The molecule has 0 fully saturated rings. The van der Waals surface area contributed by atoms with Gasteiger partial charge in [-0.05, 0) is 55.0 Å². The van der Waals surface area contributed by atoms with Gasteiger partial charge in [0.15, 0.2) is 0 Å². The van der Waals surface area contributed by atoms with E-state index < -0.39 is 10.8 Å². The molecule has 3 aromatic rings. The minimum Gasteiger partial charge on any atom is -0.249 e. The van der Waals surface area contributed by atoms with Gasteiger partial charge in [-0.15, -0.1) is 0 Å². The molecular weight excluding hydrogens is 324 g/mol. The average Bonchev–Trinajstić information content (AvgIpc) is 2.67. The summed E-state index contributed by atoms with van der Waals surface area (Å²) in [5.41, 5.74) is 3.71. The Kier molecular flexibility index (Phi) is 5.83. The Morgan fingerprint density at radius 3 is 2.16 bits per heavy atom. The molecule has 0 radical (unpaired) electrons. The predicted molar refractivity (Wildman–Crippen MR) is 105 cm³/mol. The molecule has 0 aliphatic rings. The third-order valence-electron chi connectivity index (χ3n) is 4.61. The van der Waals surface area contributed by atoms with Crippen LogP contribution in [0.15, 0.2) is 88.7 Å². The van der Waals surface area contributed by atoms with Crippen LogP contribution in [-0.4, -0.2) is 4.21 Å². The number of aryl methyl sites for hydroxylation is 1. The summed E-state index contributed by atoms with van der Waals surface area (Å²) in [7, 11) is -1.15. The quantitative estimate of drug-likeness (QED) is 0.542. The van der Waals surface area contributed by atoms with Crippen LogP contribution >= 0.6 is 0 Å². The summed E-state index contributed by atoms with van der Waals surface area (Å²) in [6.07, 6.45) is 2.00. The van der Waals surface area contributed by atoms with Gasteiger partial charge in [-0.3, -0.25) is 0 Å². The molecule has 0 aliphatic heterocycles. The van der Waals surface area contributed by atoms with Crippen molar-refractivity contribution in [3.05, 3.63) is 95.6 Å². The molecule has 3 rings (SSSR count). The highest BCUT2D eigenvalue weighted by Gasteiger charge is 2.18. The lowest BCUT2D eigenvalue weighted by Crippen LogP contribution is -2.07. The van der Waals surface area contributed by atoms with Gasteiger partial charge in [0.1, 0.15) is 0 Å². The predicted octanol–water partition coefficient (Wildman–Crippen LogP) is 5.90. The summed E-state index contributed by atoms with van der Waals surface area (Å²) in [5.74, 6) is 0.369. The standard InChI is InChI=1S/C23H24OS/c1-3-20(17-19-9-5-4-6-10-19)22-11-7-8-12-23(22)25(24)21-15-13-18(2)14-16-21/h4-16,20H,3,17H2,1-2H3/t20-,25+/m1/s1. The van der Waals surface area contributed by atoms with E-state index in [2.05, 4.69) is 43.3 Å². The molecular formula is C23H24OS. The first-order valence-electron chi connectivity index (χ1n) is 8.80. The van der Waals surface area contributed by atoms with Gasteiger partial charge in [0.25, 0.3) is 0 Å². The van der Waals surface area contributed by atoms with E-state index in [-0.39, 0.29) is 0 Å². The Labute approximate surface area is 153 Å². The SMILES string of the molecule is CC[C@H](Cc1ccccc1)c1ccccc1[S@@](=O)c1ccc(C)cc1. The molecule has 0 N–H and O–H groups in total. The van der Waals surface area contributed by atoms with Gasteiger partial charge < -0.3 is 0 Å². The van der Waals surface area contributed by atoms with E-state index in [1.807, 2.05) is 49.4 Å². The zero-order chi connectivity index (χ0) is 17.6. The highest BCUT2D eigenvalue weighted by molar-refractivity contribution is 7.85. The maximum atomic E-state index is 13.2. The van der Waals surface area contributed by atoms with Crippen molar-refractivity contribution < 1.29 is 4.21 Å². The molecule has 0 saturated carbocycles. The zero-order valence-corrected chi connectivity index (χ0v) is 15.6. The minimum absolute atomic E-state index is 0.369. The number of hydrogen-bond acceptors (Lipinski definition) is 1. The Balaban J connectivity index is 1.94. The van der Waals surface area contributed by atoms with Gasteiger partial charge in [0.05, 0.1) is 10.8 Å². The smallest absolute Gasteiger partial charge is 0.0852 e. The molecule has 0 aromatic heterocycles. The summed E-state index contributed by atoms with van der Waals surface area (Å²) < 4.78 is 13.2. The summed E-state index contributed by atoms with van der Waals surface area (Å²) in [6, 6.07) is 26.7. The second kappa shape index (κ2) is 8.26. The molecule has 1 nitrogen and oxygen atoms in total. The summed E-state index contributed by atoms with van der Waals surface area (Å²) in [6.45, 7) is 4.26. The molecule has 0 amide bonds. The Morgan fingerprint density at radius 2 is 1.48 bits per heavy atom. The van der Waals surface area contributed by atoms with Crippen molar-refractivity contribution in [2.45, 2.75) is 42.4 Å². The minimum atomic E-state index is -1.15. The maximum absolute atomic E-state index is 13.2. The van der Waals surface area contributed by atoms with Crippen molar-refractivity contribution in [2.24, 2.45) is 0 Å². The van der Waals surface area contributed by atoms with Crippen molar-refractivity contribution in [3.63, 3.8) is 0 Å². The van der Waals surface area contributed by atoms with Crippen molar-refractivity contribution in [1.82, 2.24) is 0 Å². The number of hydrogen-bond donors (Lipinski definition) is 0. The van der Waals surface area contributed by atoms with Crippen LogP contribution < -0.4 is 0 Å². The van der Waals surface area contributed by atoms with Crippen LogP contribution in [-0.2, 0) is 17.2 Å². The fraction of sp³-hybridized carbons (Fsp3) is 0.217. The van der Waals surface area contributed by atoms with Crippen molar-refractivity contribution in [3.8, 4) is 0 Å². The van der Waals surface area contributed by atoms with Crippen LogP contribution in [0.25, 0.3) is 0 Å². The molecule has 0 aliphatic carbocycles. The molecule has 0 unspecified atom stereocenters. The van der Waals surface area contributed by atoms with Crippen molar-refractivity contribution in [2.75, 3.05) is 0 Å². The van der Waals surface area contributed by atoms with E-state index in [9.17, 15) is 4.21 Å². The Hall–Kier alpha value is -2.19. The van der Waals surface area contributed by atoms with Crippen molar-refractivity contribution >= 4 is 10.8 Å². The lowest BCUT2D eigenvalue weighted by molar-refractivity contribution is 0.642. The van der Waals surface area contributed by atoms with E-state index in [1.54, 1.807) is 0 Å². The monoisotopic (exact) mass is 348 g/mol. The molecule has 25 heavy (non-hydrogen) atoms. The van der Waals surface area contributed by atoms with Crippen LogP contribution in [0.2, 0.25) is 0 Å². The molecule has 3 aromatic carbocycles. The van der Waals surface area contributed by atoms with E-state index in [0.717, 1.165) is 22.6 Å². The van der Waals surface area contributed by atoms with Gasteiger partial charge in [-0.2, -0.15) is 0 Å². The molecule has 0 bridgehead atoms. The van der Waals surface area contributed by atoms with E-state index in [1.165, 1.54) is 16.7 Å². The summed E-state index contributed by atoms with van der Waals surface area (Å²) >= 11 is 0. The third-order valence-corrected chi connectivity index (χ3v) is 6.08. The molecule has 0 saturated heterocycles. The van der Waals surface area contributed by atoms with Crippen LogP contribution in [0, 0.1) is 6.92 Å².